The second kappa shape index (κ2) is 9.40. The van der Waals surface area contributed by atoms with Gasteiger partial charge in [0.2, 0.25) is 5.91 Å². The molecule has 1 N–H and O–H groups in total. The second-order valence-electron chi connectivity index (χ2n) is 7.66. The van der Waals surface area contributed by atoms with Crippen LogP contribution in [0, 0.1) is 0 Å². The van der Waals surface area contributed by atoms with E-state index in [0.29, 0.717) is 12.0 Å². The highest BCUT2D eigenvalue weighted by atomic mass is 16.2. The van der Waals surface area contributed by atoms with E-state index < -0.39 is 6.04 Å². The lowest BCUT2D eigenvalue weighted by Crippen LogP contribution is -2.49. The molecule has 1 aliphatic rings. The molecular weight excluding hydrogens is 372 g/mol. The first-order chi connectivity index (χ1) is 14.7. The highest BCUT2D eigenvalue weighted by Crippen LogP contribution is 2.23. The molecule has 1 aliphatic heterocycles. The first-order valence-electron chi connectivity index (χ1n) is 10.5. The average Bonchev–Trinajstić information content (AvgIpc) is 3.34. The van der Waals surface area contributed by atoms with Gasteiger partial charge >= 0.3 is 0 Å². The Bertz CT molecular complexity index is 996. The molecule has 0 spiro atoms. The zero-order chi connectivity index (χ0) is 20.8. The van der Waals surface area contributed by atoms with Gasteiger partial charge in [-0.1, -0.05) is 78.9 Å². The topological polar surface area (TPSA) is 49.4 Å². The number of carbonyl (C=O) groups is 2. The van der Waals surface area contributed by atoms with E-state index in [0.717, 1.165) is 42.6 Å². The van der Waals surface area contributed by atoms with Gasteiger partial charge < -0.3 is 10.2 Å². The van der Waals surface area contributed by atoms with Crippen molar-refractivity contribution in [1.29, 1.82) is 0 Å². The van der Waals surface area contributed by atoms with Gasteiger partial charge in [0.25, 0.3) is 5.91 Å². The number of amides is 2. The summed E-state index contributed by atoms with van der Waals surface area (Å²) in [7, 11) is 0. The van der Waals surface area contributed by atoms with Gasteiger partial charge in [-0.15, -0.1) is 0 Å². The molecule has 0 aromatic heterocycles. The van der Waals surface area contributed by atoms with Crippen LogP contribution in [0.1, 0.15) is 28.8 Å². The summed E-state index contributed by atoms with van der Waals surface area (Å²) in [6, 6.07) is 26.7. The normalized spacial score (nSPS) is 14.3. The number of nitrogens with one attached hydrogen (secondary N) is 1. The zero-order valence-corrected chi connectivity index (χ0v) is 17.0. The Kier molecular flexibility index (Phi) is 6.23. The highest BCUT2D eigenvalue weighted by Gasteiger charge is 2.28. The fourth-order valence-corrected chi connectivity index (χ4v) is 3.99. The van der Waals surface area contributed by atoms with Crippen molar-refractivity contribution in [3.8, 4) is 11.1 Å². The lowest BCUT2D eigenvalue weighted by Gasteiger charge is -2.24. The lowest BCUT2D eigenvalue weighted by atomic mass is 9.98. The minimum atomic E-state index is -0.582. The monoisotopic (exact) mass is 398 g/mol. The van der Waals surface area contributed by atoms with Crippen LogP contribution in [0.4, 0.5) is 0 Å². The summed E-state index contributed by atoms with van der Waals surface area (Å²) in [5.74, 6) is -0.218. The second-order valence-corrected chi connectivity index (χ2v) is 7.66. The van der Waals surface area contributed by atoms with Crippen LogP contribution in [-0.2, 0) is 11.2 Å². The molecule has 30 heavy (non-hydrogen) atoms. The molecule has 1 saturated heterocycles. The smallest absolute Gasteiger partial charge is 0.252 e. The Balaban J connectivity index is 1.60. The van der Waals surface area contributed by atoms with Crippen molar-refractivity contribution in [3.05, 3.63) is 96.1 Å². The number of benzene rings is 3. The van der Waals surface area contributed by atoms with E-state index >= 15 is 0 Å². The Morgan fingerprint density at radius 3 is 2.10 bits per heavy atom. The Morgan fingerprint density at radius 2 is 1.40 bits per heavy atom. The third-order valence-electron chi connectivity index (χ3n) is 5.56. The maximum absolute atomic E-state index is 13.3. The summed E-state index contributed by atoms with van der Waals surface area (Å²) in [5.41, 5.74) is 3.46. The number of rotatable bonds is 6. The molecule has 2 amide bonds. The Labute approximate surface area is 177 Å². The number of carbonyl (C=O) groups excluding carboxylic acids is 2. The molecule has 0 aliphatic carbocycles. The molecule has 0 bridgehead atoms. The lowest BCUT2D eigenvalue weighted by molar-refractivity contribution is -0.132. The van der Waals surface area contributed by atoms with Gasteiger partial charge in [0, 0.05) is 25.1 Å². The van der Waals surface area contributed by atoms with Crippen LogP contribution >= 0.6 is 0 Å². The molecule has 1 unspecified atom stereocenters. The van der Waals surface area contributed by atoms with Crippen LogP contribution in [-0.4, -0.2) is 35.8 Å². The van der Waals surface area contributed by atoms with Crippen LogP contribution in [0.25, 0.3) is 11.1 Å². The van der Waals surface area contributed by atoms with Gasteiger partial charge in [0.05, 0.1) is 0 Å². The highest BCUT2D eigenvalue weighted by molar-refractivity contribution is 6.02. The molecule has 4 heteroatoms. The molecule has 3 aromatic carbocycles. The third kappa shape index (κ3) is 4.60. The van der Waals surface area contributed by atoms with E-state index in [1.54, 1.807) is 0 Å². The van der Waals surface area contributed by atoms with Gasteiger partial charge in [-0.25, -0.2) is 0 Å². The largest absolute Gasteiger partial charge is 0.341 e. The van der Waals surface area contributed by atoms with Crippen LogP contribution in [0.5, 0.6) is 0 Å². The van der Waals surface area contributed by atoms with Crippen LogP contribution in [0.2, 0.25) is 0 Å². The van der Waals surface area contributed by atoms with Crippen LogP contribution in [0.15, 0.2) is 84.9 Å². The predicted octanol–water partition coefficient (Wildman–Crippen LogP) is 4.32. The number of nitrogens with zero attached hydrogens (tertiary/aromatic N) is 1. The standard InChI is InChI=1S/C26H26N2O2/c29-25(23-16-8-7-15-22(23)21-13-5-2-6-14-21)27-24(19-20-11-3-1-4-12-20)26(30)28-17-9-10-18-28/h1-8,11-16,24H,9-10,17-19H2,(H,27,29). The molecule has 0 saturated carbocycles. The molecular formula is C26H26N2O2. The summed E-state index contributed by atoms with van der Waals surface area (Å²) in [4.78, 5) is 28.3. The van der Waals surface area contributed by atoms with Crippen molar-refractivity contribution in [1.82, 2.24) is 10.2 Å². The van der Waals surface area contributed by atoms with E-state index in [2.05, 4.69) is 5.32 Å². The van der Waals surface area contributed by atoms with Crippen LogP contribution in [0.3, 0.4) is 0 Å². The molecule has 4 rings (SSSR count). The van der Waals surface area contributed by atoms with Gasteiger partial charge in [-0.3, -0.25) is 9.59 Å². The first-order valence-corrected chi connectivity index (χ1v) is 10.5. The van der Waals surface area contributed by atoms with Crippen LogP contribution < -0.4 is 5.32 Å². The van der Waals surface area contributed by atoms with Gasteiger partial charge in [0.1, 0.15) is 6.04 Å². The van der Waals surface area contributed by atoms with Crippen molar-refractivity contribution in [2.45, 2.75) is 25.3 Å². The summed E-state index contributed by atoms with van der Waals surface area (Å²) in [6.45, 7) is 1.53. The fraction of sp³-hybridized carbons (Fsp3) is 0.231. The minimum Gasteiger partial charge on any atom is -0.341 e. The quantitative estimate of drug-likeness (QED) is 0.672. The summed E-state index contributed by atoms with van der Waals surface area (Å²) in [6.07, 6.45) is 2.53. The van der Waals surface area contributed by atoms with Crippen molar-refractivity contribution in [3.63, 3.8) is 0 Å². The summed E-state index contributed by atoms with van der Waals surface area (Å²) in [5, 5.41) is 3.04. The van der Waals surface area contributed by atoms with Crippen molar-refractivity contribution in [2.24, 2.45) is 0 Å². The van der Waals surface area contributed by atoms with Crippen molar-refractivity contribution < 1.29 is 9.59 Å². The molecule has 3 aromatic rings. The van der Waals surface area contributed by atoms with Crippen molar-refractivity contribution in [2.75, 3.05) is 13.1 Å². The summed E-state index contributed by atoms with van der Waals surface area (Å²) >= 11 is 0. The Morgan fingerprint density at radius 1 is 0.800 bits per heavy atom. The van der Waals surface area contributed by atoms with Gasteiger partial charge in [0.15, 0.2) is 0 Å². The third-order valence-corrected chi connectivity index (χ3v) is 5.56. The van der Waals surface area contributed by atoms with E-state index in [-0.39, 0.29) is 11.8 Å². The SMILES string of the molecule is O=C(NC(Cc1ccccc1)C(=O)N1CCCC1)c1ccccc1-c1ccccc1. The van der Waals surface area contributed by atoms with E-state index in [9.17, 15) is 9.59 Å². The molecule has 4 nitrogen and oxygen atoms in total. The average molecular weight is 399 g/mol. The minimum absolute atomic E-state index is 0.00175. The van der Waals surface area contributed by atoms with E-state index in [1.807, 2.05) is 89.8 Å². The van der Waals surface area contributed by atoms with Gasteiger partial charge in [-0.2, -0.15) is 0 Å². The molecule has 1 atom stereocenters. The molecule has 1 fully saturated rings. The fourth-order valence-electron chi connectivity index (χ4n) is 3.99. The van der Waals surface area contributed by atoms with Gasteiger partial charge in [-0.05, 0) is 35.6 Å². The molecule has 0 radical (unpaired) electrons. The maximum atomic E-state index is 13.3. The first kappa shape index (κ1) is 19.9. The molecule has 152 valence electrons. The number of hydrogen-bond acceptors (Lipinski definition) is 2. The maximum Gasteiger partial charge on any atom is 0.252 e. The predicted molar refractivity (Wildman–Crippen MR) is 119 cm³/mol. The summed E-state index contributed by atoms with van der Waals surface area (Å²) < 4.78 is 0. The van der Waals surface area contributed by atoms with E-state index in [4.69, 9.17) is 0 Å². The number of likely N-dealkylation sites (tertiary alicyclic amines) is 1. The van der Waals surface area contributed by atoms with E-state index in [1.165, 1.54) is 0 Å². The zero-order valence-electron chi connectivity index (χ0n) is 17.0. The van der Waals surface area contributed by atoms with Crippen molar-refractivity contribution >= 4 is 11.8 Å². The Hall–Kier alpha value is -3.40. The number of hydrogen-bond donors (Lipinski definition) is 1. The molecule has 1 heterocycles.